The summed E-state index contributed by atoms with van der Waals surface area (Å²) in [5.41, 5.74) is 0.727. The quantitative estimate of drug-likeness (QED) is 0.787. The van der Waals surface area contributed by atoms with E-state index >= 15 is 0 Å². The van der Waals surface area contributed by atoms with E-state index in [9.17, 15) is 9.18 Å². The fourth-order valence-corrected chi connectivity index (χ4v) is 2.09. The molecule has 0 aromatic heterocycles. The number of hydrogen-bond donors (Lipinski definition) is 1. The summed E-state index contributed by atoms with van der Waals surface area (Å²) in [7, 11) is 1.47. The van der Waals surface area contributed by atoms with Gasteiger partial charge >= 0.3 is 0 Å². The third-order valence-electron chi connectivity index (χ3n) is 3.20. The summed E-state index contributed by atoms with van der Waals surface area (Å²) >= 11 is 10.9. The molecule has 1 amide bonds. The monoisotopic (exact) mass is 331 g/mol. The van der Waals surface area contributed by atoms with Crippen molar-refractivity contribution >= 4 is 40.5 Å². The van der Waals surface area contributed by atoms with Crippen LogP contribution in [0.3, 0.4) is 0 Å². The lowest BCUT2D eigenvalue weighted by Gasteiger charge is -2.12. The smallest absolute Gasteiger partial charge is 0.224 e. The van der Waals surface area contributed by atoms with Gasteiger partial charge in [-0.25, -0.2) is 4.39 Å². The van der Waals surface area contributed by atoms with Gasteiger partial charge in [0.2, 0.25) is 5.91 Å². The van der Waals surface area contributed by atoms with Gasteiger partial charge in [0.25, 0.3) is 0 Å². The highest BCUT2D eigenvalue weighted by Crippen LogP contribution is 2.25. The molecule has 1 aromatic rings. The van der Waals surface area contributed by atoms with Gasteiger partial charge in [-0.3, -0.25) is 4.79 Å². The molecular formula is C15H19ClFNO2S. The summed E-state index contributed by atoms with van der Waals surface area (Å²) in [5.74, 6) is -0.531. The first-order valence-corrected chi connectivity index (χ1v) is 7.50. The highest BCUT2D eigenvalue weighted by atomic mass is 35.5. The van der Waals surface area contributed by atoms with Crippen LogP contribution in [-0.2, 0) is 16.0 Å². The molecule has 1 atom stereocenters. The maximum absolute atomic E-state index is 13.9. The van der Waals surface area contributed by atoms with E-state index in [2.05, 4.69) is 5.32 Å². The maximum Gasteiger partial charge on any atom is 0.224 e. The SMILES string of the molecule is CCC(C)CC(=O)Nc1cc(CC(=S)OC)c(Cl)cc1F. The van der Waals surface area contributed by atoms with Crippen molar-refractivity contribution in [3.8, 4) is 0 Å². The zero-order valence-corrected chi connectivity index (χ0v) is 13.9. The molecule has 21 heavy (non-hydrogen) atoms. The normalized spacial score (nSPS) is 11.9. The Morgan fingerprint density at radius 3 is 2.76 bits per heavy atom. The topological polar surface area (TPSA) is 38.3 Å². The molecule has 6 heteroatoms. The molecule has 0 aliphatic heterocycles. The lowest BCUT2D eigenvalue weighted by Crippen LogP contribution is -2.16. The first-order valence-electron chi connectivity index (χ1n) is 6.71. The summed E-state index contributed by atoms with van der Waals surface area (Å²) in [4.78, 5) is 11.8. The molecule has 0 fully saturated rings. The number of ether oxygens (including phenoxy) is 1. The Bertz CT molecular complexity index is 537. The van der Waals surface area contributed by atoms with Crippen LogP contribution in [0.2, 0.25) is 5.02 Å². The molecule has 0 spiro atoms. The Morgan fingerprint density at radius 1 is 1.52 bits per heavy atom. The van der Waals surface area contributed by atoms with Crippen molar-refractivity contribution in [2.45, 2.75) is 33.1 Å². The minimum Gasteiger partial charge on any atom is -0.490 e. The number of anilines is 1. The number of thiocarbonyl (C=S) groups is 1. The average Bonchev–Trinajstić information content (AvgIpc) is 2.43. The van der Waals surface area contributed by atoms with Crippen molar-refractivity contribution in [1.29, 1.82) is 0 Å². The number of methoxy groups -OCH3 is 1. The van der Waals surface area contributed by atoms with E-state index in [4.69, 9.17) is 28.6 Å². The van der Waals surface area contributed by atoms with Crippen LogP contribution in [0, 0.1) is 11.7 Å². The predicted molar refractivity (Wildman–Crippen MR) is 87.4 cm³/mol. The summed E-state index contributed by atoms with van der Waals surface area (Å²) in [6.45, 7) is 3.98. The number of amides is 1. The van der Waals surface area contributed by atoms with E-state index in [1.165, 1.54) is 19.2 Å². The summed E-state index contributed by atoms with van der Waals surface area (Å²) < 4.78 is 18.8. The Balaban J connectivity index is 2.89. The molecule has 1 rings (SSSR count). The molecule has 0 aliphatic carbocycles. The molecule has 0 aliphatic rings. The van der Waals surface area contributed by atoms with Gasteiger partial charge in [0, 0.05) is 17.9 Å². The van der Waals surface area contributed by atoms with Gasteiger partial charge in [-0.15, -0.1) is 0 Å². The standard InChI is InChI=1S/C15H19ClFNO2S/c1-4-9(2)5-14(19)18-13-6-10(7-15(21)20-3)11(16)8-12(13)17/h6,8-9H,4-5,7H2,1-3H3,(H,18,19). The molecule has 0 saturated heterocycles. The molecular weight excluding hydrogens is 313 g/mol. The lowest BCUT2D eigenvalue weighted by molar-refractivity contribution is -0.117. The molecule has 1 aromatic carbocycles. The largest absolute Gasteiger partial charge is 0.490 e. The van der Waals surface area contributed by atoms with Gasteiger partial charge in [0.15, 0.2) is 5.05 Å². The summed E-state index contributed by atoms with van der Waals surface area (Å²) in [6, 6.07) is 2.67. The highest BCUT2D eigenvalue weighted by molar-refractivity contribution is 7.80. The molecule has 1 unspecified atom stereocenters. The molecule has 3 nitrogen and oxygen atoms in total. The average molecular weight is 332 g/mol. The van der Waals surface area contributed by atoms with Crippen LogP contribution in [0.15, 0.2) is 12.1 Å². The first kappa shape index (κ1) is 17.9. The molecule has 0 bridgehead atoms. The molecule has 116 valence electrons. The van der Waals surface area contributed by atoms with E-state index in [0.29, 0.717) is 23.5 Å². The summed E-state index contributed by atoms with van der Waals surface area (Å²) in [5, 5.41) is 3.18. The second kappa shape index (κ2) is 8.29. The van der Waals surface area contributed by atoms with Crippen molar-refractivity contribution in [1.82, 2.24) is 0 Å². The molecule has 0 radical (unpaired) electrons. The maximum atomic E-state index is 13.9. The Labute approximate surface area is 134 Å². The third kappa shape index (κ3) is 5.59. The zero-order chi connectivity index (χ0) is 16.0. The van der Waals surface area contributed by atoms with Crippen LogP contribution in [-0.4, -0.2) is 18.1 Å². The zero-order valence-electron chi connectivity index (χ0n) is 12.3. The second-order valence-corrected chi connectivity index (χ2v) is 5.80. The number of carbonyl (C=O) groups excluding carboxylic acids is 1. The number of halogens is 2. The Morgan fingerprint density at radius 2 is 2.19 bits per heavy atom. The van der Waals surface area contributed by atoms with Gasteiger partial charge < -0.3 is 10.1 Å². The number of carbonyl (C=O) groups is 1. The number of benzene rings is 1. The van der Waals surface area contributed by atoms with E-state index in [1.54, 1.807) is 0 Å². The van der Waals surface area contributed by atoms with E-state index in [-0.39, 0.29) is 22.5 Å². The van der Waals surface area contributed by atoms with Gasteiger partial charge in [0.1, 0.15) is 5.82 Å². The van der Waals surface area contributed by atoms with Gasteiger partial charge in [-0.05, 0) is 35.8 Å². The lowest BCUT2D eigenvalue weighted by atomic mass is 10.0. The minimum atomic E-state index is -0.565. The Hall–Kier alpha value is -1.20. The fourth-order valence-electron chi connectivity index (χ4n) is 1.71. The van der Waals surface area contributed by atoms with Crippen LogP contribution in [0.25, 0.3) is 0 Å². The first-order chi connectivity index (χ1) is 9.87. The summed E-state index contributed by atoms with van der Waals surface area (Å²) in [6.07, 6.45) is 1.54. The number of hydrogen-bond acceptors (Lipinski definition) is 3. The van der Waals surface area contributed by atoms with Crippen molar-refractivity contribution in [3.05, 3.63) is 28.5 Å². The van der Waals surface area contributed by atoms with Crippen LogP contribution >= 0.6 is 23.8 Å². The second-order valence-electron chi connectivity index (χ2n) is 4.94. The number of nitrogens with one attached hydrogen (secondary N) is 1. The predicted octanol–water partition coefficient (Wildman–Crippen LogP) is 4.37. The van der Waals surface area contributed by atoms with Crippen LogP contribution in [0.4, 0.5) is 10.1 Å². The van der Waals surface area contributed by atoms with Crippen molar-refractivity contribution in [2.24, 2.45) is 5.92 Å². The molecule has 0 saturated carbocycles. The van der Waals surface area contributed by atoms with E-state index < -0.39 is 5.82 Å². The Kier molecular flexibility index (Phi) is 7.05. The van der Waals surface area contributed by atoms with Crippen molar-refractivity contribution < 1.29 is 13.9 Å². The highest BCUT2D eigenvalue weighted by Gasteiger charge is 2.14. The van der Waals surface area contributed by atoms with Crippen molar-refractivity contribution in [2.75, 3.05) is 12.4 Å². The number of rotatable bonds is 6. The van der Waals surface area contributed by atoms with Crippen LogP contribution in [0.1, 0.15) is 32.3 Å². The van der Waals surface area contributed by atoms with E-state index in [1.807, 2.05) is 13.8 Å². The molecule has 0 heterocycles. The molecule has 1 N–H and O–H groups in total. The van der Waals surface area contributed by atoms with E-state index in [0.717, 1.165) is 6.42 Å². The van der Waals surface area contributed by atoms with Gasteiger partial charge in [0.05, 0.1) is 12.8 Å². The van der Waals surface area contributed by atoms with Crippen LogP contribution in [0.5, 0.6) is 0 Å². The fraction of sp³-hybridized carbons (Fsp3) is 0.467. The van der Waals surface area contributed by atoms with Gasteiger partial charge in [-0.2, -0.15) is 0 Å². The van der Waals surface area contributed by atoms with Crippen LogP contribution < -0.4 is 5.32 Å². The van der Waals surface area contributed by atoms with Crippen molar-refractivity contribution in [3.63, 3.8) is 0 Å². The minimum absolute atomic E-state index is 0.113. The third-order valence-corrected chi connectivity index (χ3v) is 3.87. The van der Waals surface area contributed by atoms with Gasteiger partial charge in [-0.1, -0.05) is 31.9 Å².